The standard InChI is InChI=1S/C20H23NO3/c1-23-20(22)11-13-21-12-5-8-17-9-10-18(14-19(17)21)24-15-16-6-3-2-4-7-16/h2-4,6-7,9-10,14H,5,8,11-13,15H2,1H3. The molecule has 24 heavy (non-hydrogen) atoms. The lowest BCUT2D eigenvalue weighted by molar-refractivity contribution is -0.140. The van der Waals surface area contributed by atoms with Gasteiger partial charge in [0, 0.05) is 24.8 Å². The average Bonchev–Trinajstić information content (AvgIpc) is 2.65. The highest BCUT2D eigenvalue weighted by atomic mass is 16.5. The van der Waals surface area contributed by atoms with Crippen molar-refractivity contribution in [3.05, 3.63) is 59.7 Å². The zero-order valence-electron chi connectivity index (χ0n) is 14.0. The Hall–Kier alpha value is -2.49. The molecule has 4 heteroatoms. The first-order valence-electron chi connectivity index (χ1n) is 8.37. The Bertz CT molecular complexity index is 685. The van der Waals surface area contributed by atoms with E-state index in [0.29, 0.717) is 19.6 Å². The largest absolute Gasteiger partial charge is 0.489 e. The van der Waals surface area contributed by atoms with E-state index in [2.05, 4.69) is 29.2 Å². The zero-order chi connectivity index (χ0) is 16.8. The van der Waals surface area contributed by atoms with Gasteiger partial charge in [0.1, 0.15) is 12.4 Å². The van der Waals surface area contributed by atoms with Crippen LogP contribution in [0.3, 0.4) is 0 Å². The summed E-state index contributed by atoms with van der Waals surface area (Å²) in [4.78, 5) is 13.7. The number of esters is 1. The molecule has 2 aromatic carbocycles. The van der Waals surface area contributed by atoms with E-state index in [1.807, 2.05) is 24.3 Å². The normalized spacial score (nSPS) is 13.3. The van der Waals surface area contributed by atoms with E-state index >= 15 is 0 Å². The van der Waals surface area contributed by atoms with Gasteiger partial charge in [-0.2, -0.15) is 0 Å². The Morgan fingerprint density at radius 1 is 1.17 bits per heavy atom. The van der Waals surface area contributed by atoms with Crippen LogP contribution < -0.4 is 9.64 Å². The van der Waals surface area contributed by atoms with Gasteiger partial charge in [-0.1, -0.05) is 36.4 Å². The molecule has 0 N–H and O–H groups in total. The molecule has 1 aliphatic heterocycles. The summed E-state index contributed by atoms with van der Waals surface area (Å²) in [5, 5.41) is 0. The number of hydrogen-bond donors (Lipinski definition) is 0. The molecule has 0 atom stereocenters. The first-order chi connectivity index (χ1) is 11.8. The zero-order valence-corrected chi connectivity index (χ0v) is 14.0. The summed E-state index contributed by atoms with van der Waals surface area (Å²) >= 11 is 0. The Kier molecular flexibility index (Phi) is 5.36. The molecule has 0 radical (unpaired) electrons. The number of anilines is 1. The molecule has 1 aliphatic rings. The van der Waals surface area contributed by atoms with Crippen LogP contribution in [0.15, 0.2) is 48.5 Å². The van der Waals surface area contributed by atoms with Crippen molar-refractivity contribution < 1.29 is 14.3 Å². The maximum atomic E-state index is 11.4. The Labute approximate surface area is 143 Å². The molecule has 0 spiro atoms. The smallest absolute Gasteiger partial charge is 0.307 e. The van der Waals surface area contributed by atoms with Crippen LogP contribution in [-0.2, 0) is 22.6 Å². The Morgan fingerprint density at radius 3 is 2.79 bits per heavy atom. The SMILES string of the molecule is COC(=O)CCN1CCCc2ccc(OCc3ccccc3)cc21. The number of methoxy groups -OCH3 is 1. The molecule has 0 saturated heterocycles. The highest BCUT2D eigenvalue weighted by molar-refractivity contribution is 5.70. The van der Waals surface area contributed by atoms with Gasteiger partial charge in [-0.3, -0.25) is 4.79 Å². The molecule has 0 aromatic heterocycles. The summed E-state index contributed by atoms with van der Waals surface area (Å²) in [5.74, 6) is 0.696. The molecule has 3 rings (SSSR count). The van der Waals surface area contributed by atoms with Gasteiger partial charge in [-0.25, -0.2) is 0 Å². The molecule has 0 unspecified atom stereocenters. The lowest BCUT2D eigenvalue weighted by Crippen LogP contribution is -2.31. The molecule has 2 aromatic rings. The minimum atomic E-state index is -0.168. The Morgan fingerprint density at radius 2 is 2.00 bits per heavy atom. The van der Waals surface area contributed by atoms with Gasteiger partial charge in [-0.15, -0.1) is 0 Å². The third-order valence-corrected chi connectivity index (χ3v) is 4.33. The van der Waals surface area contributed by atoms with Gasteiger partial charge in [0.25, 0.3) is 0 Å². The van der Waals surface area contributed by atoms with E-state index in [-0.39, 0.29) is 5.97 Å². The van der Waals surface area contributed by atoms with Crippen molar-refractivity contribution in [3.8, 4) is 5.75 Å². The van der Waals surface area contributed by atoms with Crippen molar-refractivity contribution in [1.82, 2.24) is 0 Å². The number of rotatable bonds is 6. The third kappa shape index (κ3) is 4.07. The number of ether oxygens (including phenoxy) is 2. The number of carbonyl (C=O) groups is 1. The fourth-order valence-electron chi connectivity index (χ4n) is 3.02. The monoisotopic (exact) mass is 325 g/mol. The van der Waals surface area contributed by atoms with Gasteiger partial charge < -0.3 is 14.4 Å². The fraction of sp³-hybridized carbons (Fsp3) is 0.350. The van der Waals surface area contributed by atoms with Crippen molar-refractivity contribution in [2.75, 3.05) is 25.1 Å². The van der Waals surface area contributed by atoms with Gasteiger partial charge >= 0.3 is 5.97 Å². The van der Waals surface area contributed by atoms with Crippen LogP contribution in [0.25, 0.3) is 0 Å². The van der Waals surface area contributed by atoms with Crippen molar-refractivity contribution in [1.29, 1.82) is 0 Å². The predicted molar refractivity (Wildman–Crippen MR) is 94.4 cm³/mol. The lowest BCUT2D eigenvalue weighted by atomic mass is 10.0. The van der Waals surface area contributed by atoms with Crippen molar-refractivity contribution in [3.63, 3.8) is 0 Å². The predicted octanol–water partition coefficient (Wildman–Crippen LogP) is 3.58. The van der Waals surface area contributed by atoms with Crippen LogP contribution in [-0.4, -0.2) is 26.2 Å². The minimum absolute atomic E-state index is 0.168. The van der Waals surface area contributed by atoms with Crippen molar-refractivity contribution in [2.45, 2.75) is 25.9 Å². The second-order valence-electron chi connectivity index (χ2n) is 5.98. The number of fused-ring (bicyclic) bond motifs is 1. The molecule has 0 fully saturated rings. The molecule has 4 nitrogen and oxygen atoms in total. The number of hydrogen-bond acceptors (Lipinski definition) is 4. The summed E-state index contributed by atoms with van der Waals surface area (Å²) < 4.78 is 10.7. The number of benzene rings is 2. The maximum Gasteiger partial charge on any atom is 0.307 e. The highest BCUT2D eigenvalue weighted by Crippen LogP contribution is 2.31. The first-order valence-corrected chi connectivity index (χ1v) is 8.37. The van der Waals surface area contributed by atoms with Gasteiger partial charge in [0.15, 0.2) is 0 Å². The lowest BCUT2D eigenvalue weighted by Gasteiger charge is -2.31. The quantitative estimate of drug-likeness (QED) is 0.761. The summed E-state index contributed by atoms with van der Waals surface area (Å²) in [7, 11) is 1.43. The summed E-state index contributed by atoms with van der Waals surface area (Å²) in [6.45, 7) is 2.20. The molecule has 0 aliphatic carbocycles. The topological polar surface area (TPSA) is 38.8 Å². The van der Waals surface area contributed by atoms with Gasteiger partial charge in [0.2, 0.25) is 0 Å². The van der Waals surface area contributed by atoms with Crippen LogP contribution in [0, 0.1) is 0 Å². The van der Waals surface area contributed by atoms with Crippen molar-refractivity contribution in [2.24, 2.45) is 0 Å². The molecular formula is C20H23NO3. The average molecular weight is 325 g/mol. The molecule has 1 heterocycles. The summed E-state index contributed by atoms with van der Waals surface area (Å²) in [6, 6.07) is 16.4. The van der Waals surface area contributed by atoms with E-state index in [1.54, 1.807) is 0 Å². The van der Waals surface area contributed by atoms with Crippen LogP contribution in [0.4, 0.5) is 5.69 Å². The van der Waals surface area contributed by atoms with Gasteiger partial charge in [0.05, 0.1) is 13.5 Å². The molecular weight excluding hydrogens is 302 g/mol. The van der Waals surface area contributed by atoms with Crippen molar-refractivity contribution >= 4 is 11.7 Å². The van der Waals surface area contributed by atoms with Crippen LogP contribution in [0.1, 0.15) is 24.0 Å². The second-order valence-corrected chi connectivity index (χ2v) is 5.98. The molecule has 0 bridgehead atoms. The van der Waals surface area contributed by atoms with E-state index in [0.717, 1.165) is 30.7 Å². The Balaban J connectivity index is 1.69. The second kappa shape index (κ2) is 7.86. The number of aryl methyl sites for hydroxylation is 1. The van der Waals surface area contributed by atoms with E-state index in [1.165, 1.54) is 18.4 Å². The van der Waals surface area contributed by atoms with E-state index in [4.69, 9.17) is 9.47 Å². The summed E-state index contributed by atoms with van der Waals surface area (Å²) in [6.07, 6.45) is 2.59. The van der Waals surface area contributed by atoms with Gasteiger partial charge in [-0.05, 0) is 30.0 Å². The first kappa shape index (κ1) is 16.4. The number of nitrogens with zero attached hydrogens (tertiary/aromatic N) is 1. The fourth-order valence-corrected chi connectivity index (χ4v) is 3.02. The maximum absolute atomic E-state index is 11.4. The number of carbonyl (C=O) groups excluding carboxylic acids is 1. The highest BCUT2D eigenvalue weighted by Gasteiger charge is 2.18. The molecule has 0 amide bonds. The van der Waals surface area contributed by atoms with E-state index in [9.17, 15) is 4.79 Å². The van der Waals surface area contributed by atoms with Crippen LogP contribution in [0.5, 0.6) is 5.75 Å². The summed E-state index contributed by atoms with van der Waals surface area (Å²) in [5.41, 5.74) is 3.65. The third-order valence-electron chi connectivity index (χ3n) is 4.33. The molecule has 126 valence electrons. The minimum Gasteiger partial charge on any atom is -0.489 e. The molecule has 0 saturated carbocycles. The van der Waals surface area contributed by atoms with Crippen LogP contribution in [0.2, 0.25) is 0 Å². The van der Waals surface area contributed by atoms with E-state index < -0.39 is 0 Å². The van der Waals surface area contributed by atoms with Crippen LogP contribution >= 0.6 is 0 Å².